The van der Waals surface area contributed by atoms with Gasteiger partial charge in [-0.05, 0) is 24.6 Å². The number of benzene rings is 1. The van der Waals surface area contributed by atoms with Gasteiger partial charge in [-0.15, -0.1) is 5.10 Å². The topological polar surface area (TPSA) is 111 Å². The molecule has 100 valence electrons. The van der Waals surface area contributed by atoms with E-state index in [-0.39, 0.29) is 11.6 Å². The van der Waals surface area contributed by atoms with E-state index in [0.717, 1.165) is 12.1 Å². The molecule has 0 radical (unpaired) electrons. The lowest BCUT2D eigenvalue weighted by Crippen LogP contribution is -2.17. The van der Waals surface area contributed by atoms with Crippen LogP contribution in [0.15, 0.2) is 29.4 Å². The molecule has 0 fully saturated rings. The maximum Gasteiger partial charge on any atom is 0.267 e. The zero-order valence-corrected chi connectivity index (χ0v) is 10.6. The molecule has 0 amide bonds. The molecule has 3 N–H and O–H groups in total. The number of hydrogen-bond acceptors (Lipinski definition) is 6. The first kappa shape index (κ1) is 13.1. The summed E-state index contributed by atoms with van der Waals surface area (Å²) >= 11 is 0. The van der Waals surface area contributed by atoms with Gasteiger partial charge in [-0.25, -0.2) is 22.5 Å². The normalized spacial score (nSPS) is 11.3. The first-order chi connectivity index (χ1) is 8.90. The smallest absolute Gasteiger partial charge is 0.267 e. The van der Waals surface area contributed by atoms with Crippen LogP contribution < -0.4 is 10.5 Å². The minimum Gasteiger partial charge on any atom is -0.398 e. The van der Waals surface area contributed by atoms with Crippen molar-refractivity contribution in [1.82, 2.24) is 15.2 Å². The number of anilines is 2. The molecule has 0 aliphatic heterocycles. The highest BCUT2D eigenvalue weighted by molar-refractivity contribution is 7.92. The molecule has 9 heteroatoms. The van der Waals surface area contributed by atoms with Crippen molar-refractivity contribution >= 4 is 21.7 Å². The Morgan fingerprint density at radius 1 is 1.32 bits per heavy atom. The highest BCUT2D eigenvalue weighted by Gasteiger charge is 2.21. The number of nitrogens with one attached hydrogen (secondary N) is 1. The molecule has 1 heterocycles. The Morgan fingerprint density at radius 3 is 2.68 bits per heavy atom. The average molecular weight is 283 g/mol. The van der Waals surface area contributed by atoms with E-state index < -0.39 is 20.7 Å². The lowest BCUT2D eigenvalue weighted by atomic mass is 10.2. The maximum absolute atomic E-state index is 13.7. The van der Waals surface area contributed by atoms with Crippen molar-refractivity contribution in [3.63, 3.8) is 0 Å². The monoisotopic (exact) mass is 283 g/mol. The van der Waals surface area contributed by atoms with Crippen molar-refractivity contribution in [2.45, 2.75) is 11.8 Å². The van der Waals surface area contributed by atoms with Crippen LogP contribution in [0.25, 0.3) is 0 Å². The van der Waals surface area contributed by atoms with E-state index >= 15 is 0 Å². The van der Waals surface area contributed by atoms with E-state index in [9.17, 15) is 12.8 Å². The molecule has 0 aliphatic carbocycles. The summed E-state index contributed by atoms with van der Waals surface area (Å²) in [5.41, 5.74) is 6.20. The van der Waals surface area contributed by atoms with Gasteiger partial charge in [0.05, 0.1) is 12.4 Å². The van der Waals surface area contributed by atoms with Gasteiger partial charge in [0, 0.05) is 5.69 Å². The summed E-state index contributed by atoms with van der Waals surface area (Å²) in [4.78, 5) is 3.07. The van der Waals surface area contributed by atoms with Gasteiger partial charge >= 0.3 is 0 Å². The van der Waals surface area contributed by atoms with Gasteiger partial charge in [0.15, 0.2) is 0 Å². The van der Waals surface area contributed by atoms with Crippen LogP contribution in [-0.2, 0) is 10.0 Å². The lowest BCUT2D eigenvalue weighted by molar-refractivity contribution is 0.569. The van der Waals surface area contributed by atoms with Crippen LogP contribution >= 0.6 is 0 Å². The third-order valence-electron chi connectivity index (χ3n) is 2.32. The first-order valence-corrected chi connectivity index (χ1v) is 6.60. The average Bonchev–Trinajstić information content (AvgIpc) is 2.34. The van der Waals surface area contributed by atoms with Gasteiger partial charge in [0.2, 0.25) is 0 Å². The first-order valence-electron chi connectivity index (χ1n) is 5.12. The molecule has 0 bridgehead atoms. The number of halogens is 1. The second kappa shape index (κ2) is 4.76. The largest absolute Gasteiger partial charge is 0.398 e. The van der Waals surface area contributed by atoms with Gasteiger partial charge in [0.25, 0.3) is 16.0 Å². The van der Waals surface area contributed by atoms with Crippen LogP contribution in [0.4, 0.5) is 16.0 Å². The number of nitrogen functional groups attached to an aromatic ring is 1. The third kappa shape index (κ3) is 2.76. The lowest BCUT2D eigenvalue weighted by Gasteiger charge is -2.09. The minimum absolute atomic E-state index is 0.175. The summed E-state index contributed by atoms with van der Waals surface area (Å²) in [5.74, 6) is -1.15. The number of nitrogens with two attached hydrogens (primary N) is 1. The van der Waals surface area contributed by atoms with E-state index in [4.69, 9.17) is 5.73 Å². The number of aromatic nitrogens is 3. The number of aryl methyl sites for hydroxylation is 1. The fraction of sp³-hybridized carbons (Fsp3) is 0.100. The van der Waals surface area contributed by atoms with Crippen molar-refractivity contribution in [3.05, 3.63) is 35.9 Å². The van der Waals surface area contributed by atoms with Crippen LogP contribution in [0.5, 0.6) is 0 Å². The van der Waals surface area contributed by atoms with Crippen molar-refractivity contribution in [2.24, 2.45) is 0 Å². The molecule has 7 nitrogen and oxygen atoms in total. The van der Waals surface area contributed by atoms with Gasteiger partial charge in [0.1, 0.15) is 10.7 Å². The van der Waals surface area contributed by atoms with Crippen LogP contribution in [0.1, 0.15) is 5.56 Å². The molecule has 2 aromatic rings. The predicted molar refractivity (Wildman–Crippen MR) is 66.2 cm³/mol. The number of nitrogens with zero attached hydrogens (tertiary/aromatic N) is 3. The summed E-state index contributed by atoms with van der Waals surface area (Å²) in [5, 5.41) is 6.91. The second-order valence-corrected chi connectivity index (χ2v) is 5.36. The van der Waals surface area contributed by atoms with E-state index in [1.165, 1.54) is 12.4 Å². The van der Waals surface area contributed by atoms with Crippen molar-refractivity contribution in [1.29, 1.82) is 0 Å². The fourth-order valence-corrected chi connectivity index (χ4v) is 2.39. The molecule has 0 saturated heterocycles. The third-order valence-corrected chi connectivity index (χ3v) is 3.66. The summed E-state index contributed by atoms with van der Waals surface area (Å²) in [6.07, 6.45) is 2.53. The number of hydrogen-bond donors (Lipinski definition) is 2. The van der Waals surface area contributed by atoms with Crippen molar-refractivity contribution in [3.8, 4) is 0 Å². The summed E-state index contributed by atoms with van der Waals surface area (Å²) in [6.45, 7) is 1.58. The van der Waals surface area contributed by atoms with Crippen LogP contribution in [0.2, 0.25) is 0 Å². The highest BCUT2D eigenvalue weighted by Crippen LogP contribution is 2.22. The Labute approximate surface area is 108 Å². The zero-order valence-electron chi connectivity index (χ0n) is 9.83. The second-order valence-electron chi connectivity index (χ2n) is 3.71. The molecule has 2 rings (SSSR count). The molecule has 1 aromatic carbocycles. The summed E-state index contributed by atoms with van der Waals surface area (Å²) in [6, 6.07) is 2.09. The fourth-order valence-electron chi connectivity index (χ4n) is 1.34. The minimum atomic E-state index is -4.15. The van der Waals surface area contributed by atoms with E-state index in [2.05, 4.69) is 15.2 Å². The number of sulfonamides is 1. The molecule has 0 saturated carbocycles. The molecule has 0 aliphatic rings. The van der Waals surface area contributed by atoms with Crippen LogP contribution in [0, 0.1) is 12.7 Å². The van der Waals surface area contributed by atoms with Gasteiger partial charge in [-0.1, -0.05) is 0 Å². The van der Waals surface area contributed by atoms with E-state index in [1.54, 1.807) is 6.92 Å². The Kier molecular flexibility index (Phi) is 3.30. The van der Waals surface area contributed by atoms with Crippen molar-refractivity contribution < 1.29 is 12.8 Å². The maximum atomic E-state index is 13.7. The molecular weight excluding hydrogens is 273 g/mol. The molecule has 1 aromatic heterocycles. The van der Waals surface area contributed by atoms with E-state index in [1.807, 2.05) is 4.72 Å². The summed E-state index contributed by atoms with van der Waals surface area (Å²) in [7, 11) is -4.15. The Hall–Kier alpha value is -2.29. The standard InChI is InChI=1S/C10H10FN5O2S/c1-6-4-7(11)9(5-8(6)12)19(17,18)16-10-13-2-3-14-15-10/h2-5H,12H2,1H3,(H,13,15,16). The SMILES string of the molecule is Cc1cc(F)c(S(=O)(=O)Nc2nccnn2)cc1N. The van der Waals surface area contributed by atoms with Crippen LogP contribution in [0.3, 0.4) is 0 Å². The predicted octanol–water partition coefficient (Wildman–Crippen LogP) is 0.702. The van der Waals surface area contributed by atoms with Gasteiger partial charge in [-0.3, -0.25) is 0 Å². The Balaban J connectivity index is 2.43. The Bertz CT molecular complexity index is 705. The molecule has 19 heavy (non-hydrogen) atoms. The summed E-state index contributed by atoms with van der Waals surface area (Å²) < 4.78 is 39.7. The Morgan fingerprint density at radius 2 is 2.05 bits per heavy atom. The molecule has 0 spiro atoms. The quantitative estimate of drug-likeness (QED) is 0.802. The van der Waals surface area contributed by atoms with Crippen LogP contribution in [-0.4, -0.2) is 23.6 Å². The highest BCUT2D eigenvalue weighted by atomic mass is 32.2. The molecular formula is C10H10FN5O2S. The molecule has 0 unspecified atom stereocenters. The molecule has 0 atom stereocenters. The zero-order chi connectivity index (χ0) is 14.0. The van der Waals surface area contributed by atoms with Crippen molar-refractivity contribution in [2.75, 3.05) is 10.5 Å². The van der Waals surface area contributed by atoms with E-state index in [0.29, 0.717) is 5.56 Å². The van der Waals surface area contributed by atoms with Gasteiger partial charge < -0.3 is 5.73 Å². The number of rotatable bonds is 3. The van der Waals surface area contributed by atoms with Gasteiger partial charge in [-0.2, -0.15) is 5.10 Å².